The molecule has 5 nitrogen and oxygen atoms in total. The summed E-state index contributed by atoms with van der Waals surface area (Å²) in [6, 6.07) is 2.83. The monoisotopic (exact) mass is 253 g/mol. The van der Waals surface area contributed by atoms with E-state index in [1.165, 1.54) is 16.8 Å². The maximum atomic E-state index is 11.9. The van der Waals surface area contributed by atoms with Crippen molar-refractivity contribution >= 4 is 23.1 Å². The number of hydrogen-bond acceptors (Lipinski definition) is 3. The van der Waals surface area contributed by atoms with Gasteiger partial charge in [-0.2, -0.15) is 0 Å². The standard InChI is InChI=1S/C11H15N3O2S/c1-11(2,10(12)17)13-9(16)7-4-5-14(3)8(15)6-7/h4-6H,1-3H3,(H2,12,17)(H,13,16). The van der Waals surface area contributed by atoms with Gasteiger partial charge in [-0.15, -0.1) is 0 Å². The largest absolute Gasteiger partial charge is 0.391 e. The first-order valence-corrected chi connectivity index (χ1v) is 5.44. The molecular formula is C11H15N3O2S. The van der Waals surface area contributed by atoms with E-state index in [4.69, 9.17) is 18.0 Å². The van der Waals surface area contributed by atoms with E-state index in [2.05, 4.69) is 5.32 Å². The molecule has 0 radical (unpaired) electrons. The zero-order chi connectivity index (χ0) is 13.2. The first-order valence-electron chi connectivity index (χ1n) is 5.03. The third kappa shape index (κ3) is 3.13. The Balaban J connectivity index is 2.95. The molecule has 0 saturated carbocycles. The van der Waals surface area contributed by atoms with Crippen molar-refractivity contribution in [2.75, 3.05) is 0 Å². The summed E-state index contributed by atoms with van der Waals surface area (Å²) in [4.78, 5) is 23.4. The Labute approximate surface area is 105 Å². The van der Waals surface area contributed by atoms with Crippen molar-refractivity contribution in [3.63, 3.8) is 0 Å². The van der Waals surface area contributed by atoms with E-state index in [0.29, 0.717) is 0 Å². The molecule has 6 heteroatoms. The molecule has 1 rings (SSSR count). The molecule has 0 spiro atoms. The smallest absolute Gasteiger partial charge is 0.252 e. The van der Waals surface area contributed by atoms with Crippen LogP contribution >= 0.6 is 12.2 Å². The predicted molar refractivity (Wildman–Crippen MR) is 70.0 cm³/mol. The number of nitrogens with zero attached hydrogens (tertiary/aromatic N) is 1. The van der Waals surface area contributed by atoms with Crippen LogP contribution in [0.4, 0.5) is 0 Å². The van der Waals surface area contributed by atoms with Crippen molar-refractivity contribution in [1.82, 2.24) is 9.88 Å². The minimum atomic E-state index is -0.784. The van der Waals surface area contributed by atoms with Gasteiger partial charge >= 0.3 is 0 Å². The van der Waals surface area contributed by atoms with Crippen LogP contribution in [0.15, 0.2) is 23.1 Å². The zero-order valence-corrected chi connectivity index (χ0v) is 10.8. The summed E-state index contributed by atoms with van der Waals surface area (Å²) < 4.78 is 1.38. The average Bonchev–Trinajstić information content (AvgIpc) is 2.21. The van der Waals surface area contributed by atoms with Crippen molar-refractivity contribution < 1.29 is 4.79 Å². The highest BCUT2D eigenvalue weighted by Crippen LogP contribution is 2.04. The molecule has 17 heavy (non-hydrogen) atoms. The first kappa shape index (κ1) is 13.4. The molecule has 1 heterocycles. The highest BCUT2D eigenvalue weighted by atomic mass is 32.1. The van der Waals surface area contributed by atoms with Crippen molar-refractivity contribution in [2.45, 2.75) is 19.4 Å². The van der Waals surface area contributed by atoms with Gasteiger partial charge < -0.3 is 15.6 Å². The van der Waals surface area contributed by atoms with Crippen LogP contribution < -0.4 is 16.6 Å². The number of thiocarbonyl (C=S) groups is 1. The topological polar surface area (TPSA) is 77.1 Å². The zero-order valence-electron chi connectivity index (χ0n) is 9.98. The number of pyridine rings is 1. The Morgan fingerprint density at radius 2 is 2.12 bits per heavy atom. The Morgan fingerprint density at radius 1 is 1.53 bits per heavy atom. The number of aryl methyl sites for hydroxylation is 1. The molecule has 0 unspecified atom stereocenters. The molecule has 1 amide bonds. The summed E-state index contributed by atoms with van der Waals surface area (Å²) in [7, 11) is 1.61. The summed E-state index contributed by atoms with van der Waals surface area (Å²) in [6.07, 6.45) is 1.53. The summed E-state index contributed by atoms with van der Waals surface area (Å²) in [5, 5.41) is 2.67. The van der Waals surface area contributed by atoms with E-state index in [1.807, 2.05) is 0 Å². The van der Waals surface area contributed by atoms with Crippen molar-refractivity contribution in [3.8, 4) is 0 Å². The summed E-state index contributed by atoms with van der Waals surface area (Å²) >= 11 is 4.84. The number of aromatic nitrogens is 1. The van der Waals surface area contributed by atoms with E-state index in [0.717, 1.165) is 0 Å². The van der Waals surface area contributed by atoms with Gasteiger partial charge in [0, 0.05) is 24.9 Å². The van der Waals surface area contributed by atoms with Crippen LogP contribution in [0.2, 0.25) is 0 Å². The lowest BCUT2D eigenvalue weighted by Gasteiger charge is -2.24. The second kappa shape index (κ2) is 4.67. The molecule has 1 aromatic heterocycles. The van der Waals surface area contributed by atoms with Gasteiger partial charge in [-0.25, -0.2) is 0 Å². The van der Waals surface area contributed by atoms with Gasteiger partial charge in [0.05, 0.1) is 10.5 Å². The molecule has 0 aliphatic rings. The van der Waals surface area contributed by atoms with Crippen molar-refractivity contribution in [1.29, 1.82) is 0 Å². The van der Waals surface area contributed by atoms with Crippen LogP contribution in [-0.2, 0) is 7.05 Å². The Kier molecular flexibility index (Phi) is 3.67. The summed E-state index contributed by atoms with van der Waals surface area (Å²) in [5.74, 6) is -0.375. The molecule has 0 atom stereocenters. The molecule has 0 fully saturated rings. The number of amides is 1. The maximum Gasteiger partial charge on any atom is 0.252 e. The molecule has 1 aromatic rings. The van der Waals surface area contributed by atoms with Crippen LogP contribution in [0.1, 0.15) is 24.2 Å². The number of carbonyl (C=O) groups is 1. The van der Waals surface area contributed by atoms with Gasteiger partial charge in [-0.05, 0) is 19.9 Å². The number of carbonyl (C=O) groups excluding carboxylic acids is 1. The minimum absolute atomic E-state index is 0.190. The fourth-order valence-electron chi connectivity index (χ4n) is 1.11. The van der Waals surface area contributed by atoms with E-state index in [9.17, 15) is 9.59 Å². The van der Waals surface area contributed by atoms with Gasteiger partial charge in [-0.1, -0.05) is 12.2 Å². The lowest BCUT2D eigenvalue weighted by Crippen LogP contribution is -2.52. The van der Waals surface area contributed by atoms with E-state index < -0.39 is 5.54 Å². The minimum Gasteiger partial charge on any atom is -0.391 e. The van der Waals surface area contributed by atoms with E-state index in [-0.39, 0.29) is 22.0 Å². The SMILES string of the molecule is Cn1ccc(C(=O)NC(C)(C)C(N)=S)cc1=O. The van der Waals surface area contributed by atoms with E-state index >= 15 is 0 Å². The van der Waals surface area contributed by atoms with Crippen molar-refractivity contribution in [3.05, 3.63) is 34.2 Å². The third-order valence-corrected chi connectivity index (χ3v) is 2.92. The Hall–Kier alpha value is -1.69. The second-order valence-electron chi connectivity index (χ2n) is 4.31. The normalized spacial score (nSPS) is 11.0. The van der Waals surface area contributed by atoms with E-state index in [1.54, 1.807) is 27.0 Å². The predicted octanol–water partition coefficient (Wildman–Crippen LogP) is 0.180. The van der Waals surface area contributed by atoms with Crippen LogP contribution in [-0.4, -0.2) is 21.0 Å². The summed E-state index contributed by atoms with van der Waals surface area (Å²) in [6.45, 7) is 3.41. The molecule has 0 aliphatic heterocycles. The molecule has 0 bridgehead atoms. The molecule has 3 N–H and O–H groups in total. The Morgan fingerprint density at radius 3 is 2.59 bits per heavy atom. The number of hydrogen-bond donors (Lipinski definition) is 2. The molecule has 92 valence electrons. The van der Waals surface area contributed by atoms with Crippen LogP contribution in [0.3, 0.4) is 0 Å². The molecular weight excluding hydrogens is 238 g/mol. The van der Waals surface area contributed by atoms with Gasteiger partial charge in [0.25, 0.3) is 11.5 Å². The highest BCUT2D eigenvalue weighted by Gasteiger charge is 2.24. The first-order chi connectivity index (χ1) is 7.74. The number of nitrogens with two attached hydrogens (primary N) is 1. The second-order valence-corrected chi connectivity index (χ2v) is 4.75. The maximum absolute atomic E-state index is 11.9. The van der Waals surface area contributed by atoms with Crippen LogP contribution in [0.25, 0.3) is 0 Å². The number of rotatable bonds is 3. The van der Waals surface area contributed by atoms with Gasteiger partial charge in [0.15, 0.2) is 0 Å². The average molecular weight is 253 g/mol. The van der Waals surface area contributed by atoms with Gasteiger partial charge in [-0.3, -0.25) is 9.59 Å². The highest BCUT2D eigenvalue weighted by molar-refractivity contribution is 7.80. The lowest BCUT2D eigenvalue weighted by molar-refractivity contribution is 0.0932. The third-order valence-electron chi connectivity index (χ3n) is 2.41. The lowest BCUT2D eigenvalue weighted by atomic mass is 10.1. The van der Waals surface area contributed by atoms with Gasteiger partial charge in [0.1, 0.15) is 0 Å². The molecule has 0 aliphatic carbocycles. The quantitative estimate of drug-likeness (QED) is 0.753. The Bertz CT molecular complexity index is 520. The summed E-state index contributed by atoms with van der Waals surface area (Å²) in [5.41, 5.74) is 4.76. The van der Waals surface area contributed by atoms with Crippen molar-refractivity contribution in [2.24, 2.45) is 12.8 Å². The van der Waals surface area contributed by atoms with Gasteiger partial charge in [0.2, 0.25) is 0 Å². The fourth-order valence-corrected chi connectivity index (χ4v) is 1.16. The number of nitrogens with one attached hydrogen (secondary N) is 1. The molecule has 0 aromatic carbocycles. The molecule has 0 saturated heterocycles. The van der Waals surface area contributed by atoms with Crippen LogP contribution in [0.5, 0.6) is 0 Å². The van der Waals surface area contributed by atoms with Crippen LogP contribution in [0, 0.1) is 0 Å². The fraction of sp³-hybridized carbons (Fsp3) is 0.364.